The molecular formula is C23H24F3N5O6. The first-order valence-electron chi connectivity index (χ1n) is 10.8. The SMILES string of the molecule is COC(OC)[C@@]1(C)Oc2ccc([N+](=O)[O-])cc2[C@@H](NC(=NC#N)NCc2cccc(C(F)(F)F)c2)[C@@H]1O. The maximum Gasteiger partial charge on any atom is 0.416 e. The number of nitrogens with one attached hydrogen (secondary N) is 2. The number of alkyl halides is 3. The summed E-state index contributed by atoms with van der Waals surface area (Å²) >= 11 is 0. The van der Waals surface area contributed by atoms with E-state index < -0.39 is 40.7 Å². The van der Waals surface area contributed by atoms with E-state index in [1.165, 1.54) is 51.5 Å². The molecule has 0 fully saturated rings. The Hall–Kier alpha value is -3.93. The van der Waals surface area contributed by atoms with E-state index in [-0.39, 0.29) is 35.1 Å². The fraction of sp³-hybridized carbons (Fsp3) is 0.391. The Morgan fingerprint density at radius 2 is 2.03 bits per heavy atom. The molecule has 2 aromatic carbocycles. The van der Waals surface area contributed by atoms with E-state index >= 15 is 0 Å². The van der Waals surface area contributed by atoms with Crippen LogP contribution in [0.25, 0.3) is 0 Å². The minimum Gasteiger partial charge on any atom is -0.479 e. The Morgan fingerprint density at radius 1 is 1.32 bits per heavy atom. The summed E-state index contributed by atoms with van der Waals surface area (Å²) in [4.78, 5) is 14.4. The highest BCUT2D eigenvalue weighted by Gasteiger charge is 2.52. The second-order valence-corrected chi connectivity index (χ2v) is 8.25. The van der Waals surface area contributed by atoms with Crippen molar-refractivity contribution in [2.24, 2.45) is 4.99 Å². The summed E-state index contributed by atoms with van der Waals surface area (Å²) in [6, 6.07) is 7.20. The number of nitrogens with zero attached hydrogens (tertiary/aromatic N) is 3. The van der Waals surface area contributed by atoms with Crippen molar-refractivity contribution < 1.29 is 37.4 Å². The van der Waals surface area contributed by atoms with Crippen LogP contribution in [0.5, 0.6) is 5.75 Å². The van der Waals surface area contributed by atoms with E-state index in [9.17, 15) is 33.7 Å². The van der Waals surface area contributed by atoms with E-state index in [1.54, 1.807) is 6.19 Å². The molecule has 11 nitrogen and oxygen atoms in total. The predicted octanol–water partition coefficient (Wildman–Crippen LogP) is 3.00. The number of nitriles is 1. The van der Waals surface area contributed by atoms with Crippen LogP contribution in [0.1, 0.15) is 29.7 Å². The maximum absolute atomic E-state index is 13.1. The fourth-order valence-corrected chi connectivity index (χ4v) is 4.06. The van der Waals surface area contributed by atoms with E-state index in [2.05, 4.69) is 15.6 Å². The lowest BCUT2D eigenvalue weighted by Gasteiger charge is -2.46. The zero-order chi connectivity index (χ0) is 27.4. The fourth-order valence-electron chi connectivity index (χ4n) is 4.06. The van der Waals surface area contributed by atoms with Crippen molar-refractivity contribution in [1.29, 1.82) is 5.26 Å². The van der Waals surface area contributed by atoms with Gasteiger partial charge in [0.25, 0.3) is 5.69 Å². The molecule has 1 aliphatic heterocycles. The van der Waals surface area contributed by atoms with Gasteiger partial charge in [0.2, 0.25) is 12.2 Å². The van der Waals surface area contributed by atoms with Crippen molar-refractivity contribution in [2.45, 2.75) is 43.7 Å². The van der Waals surface area contributed by atoms with Crippen LogP contribution in [0.4, 0.5) is 18.9 Å². The maximum atomic E-state index is 13.1. The number of aliphatic imine (C=N–C) groups is 1. The molecule has 0 unspecified atom stereocenters. The topological polar surface area (TPSA) is 151 Å². The molecule has 2 aromatic rings. The van der Waals surface area contributed by atoms with Crippen LogP contribution in [0.2, 0.25) is 0 Å². The minimum absolute atomic E-state index is 0.158. The summed E-state index contributed by atoms with van der Waals surface area (Å²) < 4.78 is 55.7. The van der Waals surface area contributed by atoms with Gasteiger partial charge in [0.05, 0.1) is 16.5 Å². The van der Waals surface area contributed by atoms with Crippen molar-refractivity contribution in [3.63, 3.8) is 0 Å². The molecule has 3 rings (SSSR count). The van der Waals surface area contributed by atoms with Crippen molar-refractivity contribution in [3.8, 4) is 11.9 Å². The van der Waals surface area contributed by atoms with Gasteiger partial charge < -0.3 is 30.0 Å². The van der Waals surface area contributed by atoms with Crippen LogP contribution in [-0.2, 0) is 22.2 Å². The highest BCUT2D eigenvalue weighted by Crippen LogP contribution is 2.43. The molecule has 0 radical (unpaired) electrons. The molecule has 37 heavy (non-hydrogen) atoms. The predicted molar refractivity (Wildman–Crippen MR) is 123 cm³/mol. The molecule has 198 valence electrons. The smallest absolute Gasteiger partial charge is 0.416 e. The Bertz CT molecular complexity index is 1210. The highest BCUT2D eigenvalue weighted by atomic mass is 19.4. The first kappa shape index (κ1) is 27.7. The zero-order valence-corrected chi connectivity index (χ0v) is 19.9. The first-order chi connectivity index (χ1) is 17.4. The van der Waals surface area contributed by atoms with Gasteiger partial charge in [-0.05, 0) is 30.7 Å². The number of ether oxygens (including phenoxy) is 3. The Morgan fingerprint density at radius 3 is 2.62 bits per heavy atom. The summed E-state index contributed by atoms with van der Waals surface area (Å²) in [6.45, 7) is 1.35. The monoisotopic (exact) mass is 523 g/mol. The van der Waals surface area contributed by atoms with Gasteiger partial charge in [0, 0.05) is 38.5 Å². The molecule has 1 aliphatic rings. The largest absolute Gasteiger partial charge is 0.479 e. The quantitative estimate of drug-likeness (QED) is 0.124. The molecule has 0 aromatic heterocycles. The highest BCUT2D eigenvalue weighted by molar-refractivity contribution is 5.81. The lowest BCUT2D eigenvalue weighted by atomic mass is 9.84. The normalized spacial score (nSPS) is 21.5. The summed E-state index contributed by atoms with van der Waals surface area (Å²) in [5, 5.41) is 37.4. The number of benzene rings is 2. The lowest BCUT2D eigenvalue weighted by Crippen LogP contribution is -2.62. The van der Waals surface area contributed by atoms with Gasteiger partial charge in [-0.1, -0.05) is 12.1 Å². The van der Waals surface area contributed by atoms with Crippen LogP contribution >= 0.6 is 0 Å². The van der Waals surface area contributed by atoms with E-state index in [0.29, 0.717) is 0 Å². The van der Waals surface area contributed by atoms with Gasteiger partial charge in [-0.15, -0.1) is 4.99 Å². The molecule has 0 bridgehead atoms. The number of aliphatic hydroxyl groups is 1. The number of methoxy groups -OCH3 is 2. The van der Waals surface area contributed by atoms with Gasteiger partial charge in [-0.2, -0.15) is 18.4 Å². The Labute approximate surface area is 209 Å². The van der Waals surface area contributed by atoms with Crippen LogP contribution in [0, 0.1) is 21.6 Å². The number of aliphatic hydroxyl groups excluding tert-OH is 1. The van der Waals surface area contributed by atoms with Crippen molar-refractivity contribution >= 4 is 11.6 Å². The number of hydrogen-bond donors (Lipinski definition) is 3. The Balaban J connectivity index is 1.96. The second-order valence-electron chi connectivity index (χ2n) is 8.25. The van der Waals surface area contributed by atoms with E-state index in [0.717, 1.165) is 12.1 Å². The molecule has 3 atom stereocenters. The molecule has 1 heterocycles. The number of nitro benzene ring substituents is 1. The third kappa shape index (κ3) is 5.91. The molecule has 0 saturated carbocycles. The molecule has 0 spiro atoms. The lowest BCUT2D eigenvalue weighted by molar-refractivity contribution is -0.385. The van der Waals surface area contributed by atoms with E-state index in [4.69, 9.17) is 14.2 Å². The third-order valence-electron chi connectivity index (χ3n) is 5.84. The number of non-ortho nitro benzene ring substituents is 1. The van der Waals surface area contributed by atoms with Gasteiger partial charge in [0.15, 0.2) is 11.9 Å². The average Bonchev–Trinajstić information content (AvgIpc) is 2.85. The van der Waals surface area contributed by atoms with Crippen molar-refractivity contribution in [2.75, 3.05) is 14.2 Å². The summed E-state index contributed by atoms with van der Waals surface area (Å²) in [6.07, 6.45) is -5.51. The standard InChI is InChI=1S/C23H24F3N5O6/c1-22(20(35-2)36-3)19(32)18(16-10-15(31(33)34)7-8-17(16)37-22)30-21(29-12-27)28-11-13-5-4-6-14(9-13)23(24,25)26/h4-10,18-20,32H,11H2,1-3H3,(H2,28,29,30)/t18-,19+,22+/m1/s1. The molecular weight excluding hydrogens is 499 g/mol. The second kappa shape index (κ2) is 11.0. The Kier molecular flexibility index (Phi) is 8.22. The first-order valence-corrected chi connectivity index (χ1v) is 10.8. The van der Waals surface area contributed by atoms with Crippen LogP contribution < -0.4 is 15.4 Å². The molecule has 0 saturated heterocycles. The number of hydrogen-bond acceptors (Lipinski definition) is 8. The number of halogens is 3. The summed E-state index contributed by atoms with van der Waals surface area (Å²) in [5.74, 6) is -0.0266. The molecule has 14 heteroatoms. The van der Waals surface area contributed by atoms with Crippen LogP contribution in [0.3, 0.4) is 0 Å². The summed E-state index contributed by atoms with van der Waals surface area (Å²) in [5.41, 5.74) is -2.23. The summed E-state index contributed by atoms with van der Waals surface area (Å²) in [7, 11) is 2.67. The van der Waals surface area contributed by atoms with Crippen LogP contribution in [0.15, 0.2) is 47.5 Å². The number of nitro groups is 1. The average molecular weight is 523 g/mol. The number of guanidine groups is 1. The number of fused-ring (bicyclic) bond motifs is 1. The third-order valence-corrected chi connectivity index (χ3v) is 5.84. The molecule has 0 aliphatic carbocycles. The number of rotatable bonds is 7. The van der Waals surface area contributed by atoms with Crippen molar-refractivity contribution in [1.82, 2.24) is 10.6 Å². The molecule has 3 N–H and O–H groups in total. The molecule has 0 amide bonds. The van der Waals surface area contributed by atoms with Gasteiger partial charge in [0.1, 0.15) is 11.9 Å². The van der Waals surface area contributed by atoms with Crippen LogP contribution in [-0.4, -0.2) is 48.2 Å². The van der Waals surface area contributed by atoms with Crippen molar-refractivity contribution in [3.05, 3.63) is 69.3 Å². The van der Waals surface area contributed by atoms with Gasteiger partial charge in [-0.25, -0.2) is 0 Å². The zero-order valence-electron chi connectivity index (χ0n) is 19.9. The van der Waals surface area contributed by atoms with Gasteiger partial charge >= 0.3 is 6.18 Å². The van der Waals surface area contributed by atoms with Gasteiger partial charge in [-0.3, -0.25) is 10.1 Å². The minimum atomic E-state index is -4.54. The van der Waals surface area contributed by atoms with E-state index in [1.807, 2.05) is 0 Å².